The van der Waals surface area contributed by atoms with Gasteiger partial charge in [-0.2, -0.15) is 0 Å². The van der Waals surface area contributed by atoms with Crippen molar-refractivity contribution >= 4 is 45.9 Å². The van der Waals surface area contributed by atoms with Crippen LogP contribution in [0.3, 0.4) is 0 Å². The van der Waals surface area contributed by atoms with Gasteiger partial charge in [0.1, 0.15) is 5.58 Å². The van der Waals surface area contributed by atoms with E-state index in [2.05, 4.69) is 11.4 Å². The van der Waals surface area contributed by atoms with E-state index in [1.165, 1.54) is 4.21 Å². The first-order valence-electron chi connectivity index (χ1n) is 10.5. The van der Waals surface area contributed by atoms with Crippen LogP contribution in [0, 0.1) is 0 Å². The largest absolute Gasteiger partial charge is 0.451 e. The maximum absolute atomic E-state index is 13.4. The van der Waals surface area contributed by atoms with Crippen molar-refractivity contribution < 1.29 is 14.0 Å². The van der Waals surface area contributed by atoms with E-state index in [4.69, 9.17) is 4.42 Å². The molecule has 32 heavy (non-hydrogen) atoms. The van der Waals surface area contributed by atoms with Gasteiger partial charge in [-0.1, -0.05) is 42.5 Å². The maximum atomic E-state index is 13.4. The van der Waals surface area contributed by atoms with Crippen molar-refractivity contribution in [3.63, 3.8) is 0 Å². The fourth-order valence-electron chi connectivity index (χ4n) is 3.92. The third-order valence-electron chi connectivity index (χ3n) is 5.62. The first-order chi connectivity index (χ1) is 15.7. The Balaban J connectivity index is 1.33. The number of nitrogens with zero attached hydrogens (tertiary/aromatic N) is 2. The van der Waals surface area contributed by atoms with E-state index in [0.717, 1.165) is 16.5 Å². The summed E-state index contributed by atoms with van der Waals surface area (Å²) in [4.78, 5) is 29.7. The summed E-state index contributed by atoms with van der Waals surface area (Å²) in [6.45, 7) is 2.01. The van der Waals surface area contributed by atoms with Gasteiger partial charge in [-0.3, -0.25) is 9.59 Å². The SMILES string of the molecule is O=C(c1ccccc1)N1CCN(C(=O)c2oc3ccccc3c2CSc2cccs2)CC1. The number of benzene rings is 2. The van der Waals surface area contributed by atoms with Gasteiger partial charge in [0.2, 0.25) is 0 Å². The number of hydrogen-bond donors (Lipinski definition) is 0. The lowest BCUT2D eigenvalue weighted by Gasteiger charge is -2.34. The van der Waals surface area contributed by atoms with Gasteiger partial charge in [0.15, 0.2) is 5.76 Å². The second kappa shape index (κ2) is 9.22. The summed E-state index contributed by atoms with van der Waals surface area (Å²) in [6.07, 6.45) is 0. The Morgan fingerprint density at radius 2 is 1.53 bits per heavy atom. The van der Waals surface area contributed by atoms with Gasteiger partial charge >= 0.3 is 0 Å². The van der Waals surface area contributed by atoms with E-state index in [0.29, 0.717) is 43.3 Å². The molecule has 0 bridgehead atoms. The first-order valence-corrected chi connectivity index (χ1v) is 12.4. The van der Waals surface area contributed by atoms with Gasteiger partial charge in [0.05, 0.1) is 4.21 Å². The van der Waals surface area contributed by atoms with Crippen molar-refractivity contribution in [3.05, 3.63) is 89.0 Å². The monoisotopic (exact) mass is 462 g/mol. The van der Waals surface area contributed by atoms with E-state index in [1.54, 1.807) is 28.0 Å². The summed E-state index contributed by atoms with van der Waals surface area (Å²) in [5.74, 6) is 0.993. The second-order valence-electron chi connectivity index (χ2n) is 7.58. The summed E-state index contributed by atoms with van der Waals surface area (Å²) in [5, 5.41) is 3.04. The molecular formula is C25H22N2O3S2. The zero-order valence-electron chi connectivity index (χ0n) is 17.4. The van der Waals surface area contributed by atoms with Crippen LogP contribution >= 0.6 is 23.1 Å². The second-order valence-corrected chi connectivity index (χ2v) is 9.80. The van der Waals surface area contributed by atoms with Gasteiger partial charge in [-0.25, -0.2) is 0 Å². The minimum absolute atomic E-state index is 0.00877. The number of fused-ring (bicyclic) bond motifs is 1. The van der Waals surface area contributed by atoms with Gasteiger partial charge < -0.3 is 14.2 Å². The number of rotatable bonds is 5. The summed E-state index contributed by atoms with van der Waals surface area (Å²) >= 11 is 3.41. The highest BCUT2D eigenvalue weighted by Gasteiger charge is 2.29. The summed E-state index contributed by atoms with van der Waals surface area (Å²) in [7, 11) is 0. The molecule has 162 valence electrons. The fourth-order valence-corrected chi connectivity index (χ4v) is 5.74. The van der Waals surface area contributed by atoms with Crippen LogP contribution in [0.2, 0.25) is 0 Å². The molecule has 0 unspecified atom stereocenters. The van der Waals surface area contributed by atoms with Crippen LogP contribution in [0.4, 0.5) is 0 Å². The third kappa shape index (κ3) is 4.18. The zero-order valence-corrected chi connectivity index (χ0v) is 19.0. The predicted molar refractivity (Wildman–Crippen MR) is 128 cm³/mol. The van der Waals surface area contributed by atoms with Crippen LogP contribution < -0.4 is 0 Å². The average molecular weight is 463 g/mol. The van der Waals surface area contributed by atoms with Gasteiger partial charge in [0, 0.05) is 48.4 Å². The molecule has 1 aliphatic heterocycles. The van der Waals surface area contributed by atoms with Crippen molar-refractivity contribution in [1.29, 1.82) is 0 Å². The minimum Gasteiger partial charge on any atom is -0.451 e. The Morgan fingerprint density at radius 1 is 0.844 bits per heavy atom. The van der Waals surface area contributed by atoms with Gasteiger partial charge in [-0.15, -0.1) is 23.1 Å². The van der Waals surface area contributed by atoms with Crippen LogP contribution in [0.5, 0.6) is 0 Å². The number of piperazine rings is 1. The number of para-hydroxylation sites is 1. The fraction of sp³-hybridized carbons (Fsp3) is 0.200. The molecule has 3 heterocycles. The Bertz CT molecular complexity index is 1230. The molecule has 7 heteroatoms. The van der Waals surface area contributed by atoms with Gasteiger partial charge in [0.25, 0.3) is 11.8 Å². The molecule has 2 amide bonds. The summed E-state index contributed by atoms with van der Waals surface area (Å²) in [5.41, 5.74) is 2.35. The third-order valence-corrected chi connectivity index (χ3v) is 7.78. The molecule has 5 nitrogen and oxygen atoms in total. The predicted octanol–water partition coefficient (Wildman–Crippen LogP) is 5.38. The summed E-state index contributed by atoms with van der Waals surface area (Å²) < 4.78 is 7.26. The topological polar surface area (TPSA) is 53.8 Å². The number of thiophene rings is 1. The lowest BCUT2D eigenvalue weighted by Crippen LogP contribution is -2.50. The lowest BCUT2D eigenvalue weighted by atomic mass is 10.1. The number of thioether (sulfide) groups is 1. The first kappa shape index (κ1) is 20.8. The van der Waals surface area contributed by atoms with Crippen LogP contribution in [-0.2, 0) is 5.75 Å². The normalized spacial score (nSPS) is 14.1. The average Bonchev–Trinajstić information content (AvgIpc) is 3.50. The minimum atomic E-state index is -0.102. The number of carbonyl (C=O) groups excluding carboxylic acids is 2. The highest BCUT2D eigenvalue weighted by atomic mass is 32.2. The van der Waals surface area contributed by atoms with Gasteiger partial charge in [-0.05, 0) is 29.6 Å². The standard InChI is InChI=1S/C25H22N2O3S2/c28-24(18-7-2-1-3-8-18)26-12-14-27(15-13-26)25(29)23-20(17-32-22-11-6-16-31-22)19-9-4-5-10-21(19)30-23/h1-11,16H,12-15,17H2. The molecular weight excluding hydrogens is 440 g/mol. The molecule has 0 N–H and O–H groups in total. The zero-order chi connectivity index (χ0) is 21.9. The maximum Gasteiger partial charge on any atom is 0.290 e. The van der Waals surface area contributed by atoms with E-state index < -0.39 is 0 Å². The lowest BCUT2D eigenvalue weighted by molar-refractivity contribution is 0.0519. The number of carbonyl (C=O) groups is 2. The molecule has 1 aliphatic rings. The Labute approximate surface area is 194 Å². The molecule has 0 aliphatic carbocycles. The highest BCUT2D eigenvalue weighted by Crippen LogP contribution is 2.34. The molecule has 0 spiro atoms. The number of furan rings is 1. The van der Waals surface area contributed by atoms with Crippen LogP contribution in [0.15, 0.2) is 80.7 Å². The molecule has 0 atom stereocenters. The Morgan fingerprint density at radius 3 is 2.25 bits per heavy atom. The Kier molecular flexibility index (Phi) is 6.01. The molecule has 0 radical (unpaired) electrons. The van der Waals surface area contributed by atoms with E-state index in [9.17, 15) is 9.59 Å². The molecule has 5 rings (SSSR count). The smallest absolute Gasteiger partial charge is 0.290 e. The quantitative estimate of drug-likeness (QED) is 0.374. The van der Waals surface area contributed by atoms with E-state index in [-0.39, 0.29) is 11.8 Å². The summed E-state index contributed by atoms with van der Waals surface area (Å²) in [6, 6.07) is 21.2. The van der Waals surface area contributed by atoms with E-state index in [1.807, 2.05) is 65.6 Å². The van der Waals surface area contributed by atoms with Crippen molar-refractivity contribution in [1.82, 2.24) is 9.80 Å². The molecule has 2 aromatic heterocycles. The Hall–Kier alpha value is -3.03. The van der Waals surface area contributed by atoms with E-state index >= 15 is 0 Å². The number of amides is 2. The van der Waals surface area contributed by atoms with Crippen molar-refractivity contribution in [2.75, 3.05) is 26.2 Å². The van der Waals surface area contributed by atoms with Crippen LogP contribution in [-0.4, -0.2) is 47.8 Å². The van der Waals surface area contributed by atoms with Crippen molar-refractivity contribution in [3.8, 4) is 0 Å². The molecule has 0 saturated carbocycles. The van der Waals surface area contributed by atoms with Crippen LogP contribution in [0.1, 0.15) is 26.5 Å². The molecule has 1 fully saturated rings. The van der Waals surface area contributed by atoms with Crippen molar-refractivity contribution in [2.24, 2.45) is 0 Å². The van der Waals surface area contributed by atoms with Crippen molar-refractivity contribution in [2.45, 2.75) is 9.96 Å². The highest BCUT2D eigenvalue weighted by molar-refractivity contribution is 8.00. The molecule has 2 aromatic carbocycles. The van der Waals surface area contributed by atoms with Crippen LogP contribution in [0.25, 0.3) is 11.0 Å². The number of hydrogen-bond acceptors (Lipinski definition) is 5. The molecule has 4 aromatic rings. The molecule has 1 saturated heterocycles.